The summed E-state index contributed by atoms with van der Waals surface area (Å²) in [6.45, 7) is 3.19. The van der Waals surface area contributed by atoms with Crippen LogP contribution >= 0.6 is 0 Å². The molecule has 0 radical (unpaired) electrons. The van der Waals surface area contributed by atoms with Gasteiger partial charge in [-0.05, 0) is 31.5 Å². The lowest BCUT2D eigenvalue weighted by atomic mass is 9.94. The van der Waals surface area contributed by atoms with Crippen LogP contribution in [0.2, 0.25) is 0 Å². The average molecular weight is 270 g/mol. The third kappa shape index (κ3) is 2.44. The van der Waals surface area contributed by atoms with Crippen molar-refractivity contribution >= 4 is 0 Å². The van der Waals surface area contributed by atoms with Crippen LogP contribution in [-0.4, -0.2) is 18.3 Å². The van der Waals surface area contributed by atoms with Gasteiger partial charge in [0.25, 0.3) is 0 Å². The zero-order chi connectivity index (χ0) is 13.9. The van der Waals surface area contributed by atoms with E-state index in [-0.39, 0.29) is 5.75 Å². The molecule has 1 aliphatic rings. The quantitative estimate of drug-likeness (QED) is 0.925. The number of phenols is 1. The topological polar surface area (TPSA) is 38.7 Å². The van der Waals surface area contributed by atoms with Crippen LogP contribution in [0, 0.1) is 6.92 Å². The van der Waals surface area contributed by atoms with E-state index in [0.29, 0.717) is 12.5 Å². The van der Waals surface area contributed by atoms with E-state index in [9.17, 15) is 5.11 Å². The third-order valence-corrected chi connectivity index (χ3v) is 3.78. The molecule has 3 heteroatoms. The summed E-state index contributed by atoms with van der Waals surface area (Å²) >= 11 is 0. The Bertz CT molecular complexity index is 607. The molecular weight excluding hydrogens is 252 g/mol. The van der Waals surface area contributed by atoms with Crippen LogP contribution in [-0.2, 0) is 0 Å². The Morgan fingerprint density at radius 3 is 2.95 bits per heavy atom. The normalized spacial score (nSPS) is 17.1. The molecule has 3 rings (SSSR count). The number of aromatic hydroxyl groups is 1. The molecule has 0 saturated heterocycles. The molecule has 0 fully saturated rings. The number of para-hydroxylation sites is 1. The SMILES string of the molecule is Cc1c(O)cccc1OCC1CCOc2ccccc21. The molecule has 2 aromatic carbocycles. The van der Waals surface area contributed by atoms with Crippen LogP contribution in [0.3, 0.4) is 0 Å². The summed E-state index contributed by atoms with van der Waals surface area (Å²) in [5, 5.41) is 9.69. The summed E-state index contributed by atoms with van der Waals surface area (Å²) in [7, 11) is 0. The summed E-state index contributed by atoms with van der Waals surface area (Å²) in [6.07, 6.45) is 0.953. The fourth-order valence-corrected chi connectivity index (χ4v) is 2.54. The van der Waals surface area contributed by atoms with E-state index in [1.807, 2.05) is 31.2 Å². The molecule has 0 saturated carbocycles. The minimum Gasteiger partial charge on any atom is -0.508 e. The van der Waals surface area contributed by atoms with E-state index >= 15 is 0 Å². The second kappa shape index (κ2) is 5.45. The monoisotopic (exact) mass is 270 g/mol. The van der Waals surface area contributed by atoms with Crippen molar-refractivity contribution in [3.05, 3.63) is 53.6 Å². The zero-order valence-electron chi connectivity index (χ0n) is 11.5. The highest BCUT2D eigenvalue weighted by Gasteiger charge is 2.21. The third-order valence-electron chi connectivity index (χ3n) is 3.78. The molecule has 2 aromatic rings. The van der Waals surface area contributed by atoms with Gasteiger partial charge in [0.1, 0.15) is 17.2 Å². The summed E-state index contributed by atoms with van der Waals surface area (Å²) in [5.41, 5.74) is 1.99. The van der Waals surface area contributed by atoms with Crippen molar-refractivity contribution < 1.29 is 14.6 Å². The first-order valence-electron chi connectivity index (χ1n) is 6.89. The van der Waals surface area contributed by atoms with Crippen molar-refractivity contribution in [1.29, 1.82) is 0 Å². The largest absolute Gasteiger partial charge is 0.508 e. The average Bonchev–Trinajstić information content (AvgIpc) is 2.49. The van der Waals surface area contributed by atoms with Crippen molar-refractivity contribution in [1.82, 2.24) is 0 Å². The molecular formula is C17H18O3. The van der Waals surface area contributed by atoms with E-state index < -0.39 is 0 Å². The molecule has 1 heterocycles. The Labute approximate surface area is 118 Å². The number of hydrogen-bond acceptors (Lipinski definition) is 3. The van der Waals surface area contributed by atoms with Gasteiger partial charge >= 0.3 is 0 Å². The molecule has 0 amide bonds. The highest BCUT2D eigenvalue weighted by atomic mass is 16.5. The Morgan fingerprint density at radius 2 is 2.05 bits per heavy atom. The number of rotatable bonds is 3. The van der Waals surface area contributed by atoms with Crippen LogP contribution in [0.1, 0.15) is 23.5 Å². The van der Waals surface area contributed by atoms with E-state index in [4.69, 9.17) is 9.47 Å². The van der Waals surface area contributed by atoms with Crippen LogP contribution < -0.4 is 9.47 Å². The lowest BCUT2D eigenvalue weighted by Crippen LogP contribution is -2.19. The van der Waals surface area contributed by atoms with Gasteiger partial charge in [0.15, 0.2) is 0 Å². The highest BCUT2D eigenvalue weighted by molar-refractivity contribution is 5.43. The maximum Gasteiger partial charge on any atom is 0.125 e. The number of hydrogen-bond donors (Lipinski definition) is 1. The molecule has 3 nitrogen and oxygen atoms in total. The molecule has 104 valence electrons. The highest BCUT2D eigenvalue weighted by Crippen LogP contribution is 2.34. The number of benzene rings is 2. The van der Waals surface area contributed by atoms with Crippen molar-refractivity contribution in [3.63, 3.8) is 0 Å². The Morgan fingerprint density at radius 1 is 1.20 bits per heavy atom. The van der Waals surface area contributed by atoms with Crippen molar-refractivity contribution in [2.24, 2.45) is 0 Å². The molecule has 20 heavy (non-hydrogen) atoms. The summed E-state index contributed by atoms with van der Waals surface area (Å²) in [5.74, 6) is 2.31. The minimum absolute atomic E-state index is 0.273. The first-order valence-corrected chi connectivity index (χ1v) is 6.89. The van der Waals surface area contributed by atoms with Crippen LogP contribution in [0.5, 0.6) is 17.2 Å². The molecule has 1 aliphatic heterocycles. The van der Waals surface area contributed by atoms with Crippen LogP contribution in [0.25, 0.3) is 0 Å². The fourth-order valence-electron chi connectivity index (χ4n) is 2.54. The van der Waals surface area contributed by atoms with E-state index in [1.165, 1.54) is 5.56 Å². The summed E-state index contributed by atoms with van der Waals surface area (Å²) < 4.78 is 11.6. The smallest absolute Gasteiger partial charge is 0.125 e. The molecule has 1 atom stereocenters. The first-order chi connectivity index (χ1) is 9.75. The van der Waals surface area contributed by atoms with Crippen molar-refractivity contribution in [2.45, 2.75) is 19.3 Å². The molecule has 1 unspecified atom stereocenters. The predicted molar refractivity (Wildman–Crippen MR) is 77.6 cm³/mol. The molecule has 0 aliphatic carbocycles. The summed E-state index contributed by atoms with van der Waals surface area (Å²) in [4.78, 5) is 0. The second-order valence-corrected chi connectivity index (χ2v) is 5.08. The maximum atomic E-state index is 9.69. The standard InChI is InChI=1S/C17H18O3/c1-12-15(18)6-4-8-16(12)20-11-13-9-10-19-17-7-3-2-5-14(13)17/h2-8,13,18H,9-11H2,1H3. The first kappa shape index (κ1) is 12.9. The molecule has 1 N–H and O–H groups in total. The van der Waals surface area contributed by atoms with Gasteiger partial charge in [-0.3, -0.25) is 0 Å². The second-order valence-electron chi connectivity index (χ2n) is 5.08. The van der Waals surface area contributed by atoms with Gasteiger partial charge in [0, 0.05) is 17.0 Å². The van der Waals surface area contributed by atoms with Gasteiger partial charge in [-0.1, -0.05) is 24.3 Å². The number of phenolic OH excluding ortho intramolecular Hbond substituents is 1. The van der Waals surface area contributed by atoms with Crippen LogP contribution in [0.15, 0.2) is 42.5 Å². The maximum absolute atomic E-state index is 9.69. The number of fused-ring (bicyclic) bond motifs is 1. The van der Waals surface area contributed by atoms with Gasteiger partial charge in [-0.2, -0.15) is 0 Å². The van der Waals surface area contributed by atoms with E-state index in [0.717, 1.165) is 30.1 Å². The van der Waals surface area contributed by atoms with E-state index in [1.54, 1.807) is 12.1 Å². The predicted octanol–water partition coefficient (Wildman–Crippen LogP) is 3.65. The Hall–Kier alpha value is -2.16. The van der Waals surface area contributed by atoms with Gasteiger partial charge in [0.2, 0.25) is 0 Å². The molecule has 0 spiro atoms. The summed E-state index contributed by atoms with van der Waals surface area (Å²) in [6, 6.07) is 13.5. The van der Waals surface area contributed by atoms with Gasteiger partial charge in [-0.15, -0.1) is 0 Å². The van der Waals surface area contributed by atoms with E-state index in [2.05, 4.69) is 6.07 Å². The van der Waals surface area contributed by atoms with Crippen molar-refractivity contribution in [3.8, 4) is 17.2 Å². The Balaban J connectivity index is 1.75. The van der Waals surface area contributed by atoms with Gasteiger partial charge in [-0.25, -0.2) is 0 Å². The lowest BCUT2D eigenvalue weighted by Gasteiger charge is -2.26. The molecule has 0 bridgehead atoms. The zero-order valence-corrected chi connectivity index (χ0v) is 11.5. The molecule has 0 aromatic heterocycles. The van der Waals surface area contributed by atoms with Gasteiger partial charge in [0.05, 0.1) is 13.2 Å². The lowest BCUT2D eigenvalue weighted by molar-refractivity contribution is 0.216. The fraction of sp³-hybridized carbons (Fsp3) is 0.294. The number of ether oxygens (including phenoxy) is 2. The van der Waals surface area contributed by atoms with Gasteiger partial charge < -0.3 is 14.6 Å². The van der Waals surface area contributed by atoms with Crippen LogP contribution in [0.4, 0.5) is 0 Å². The Kier molecular flexibility index (Phi) is 3.50. The minimum atomic E-state index is 0.273. The van der Waals surface area contributed by atoms with Crippen molar-refractivity contribution in [2.75, 3.05) is 13.2 Å².